The quantitative estimate of drug-likeness (QED) is 0.482. The number of amides is 2. The van der Waals surface area contributed by atoms with Crippen LogP contribution >= 0.6 is 23.1 Å². The number of carbonyl (C=O) groups excluding carboxylic acids is 2. The Kier molecular flexibility index (Phi) is 5.96. The minimum absolute atomic E-state index is 0.0965. The van der Waals surface area contributed by atoms with Crippen LogP contribution in [0.25, 0.3) is 11.4 Å². The molecule has 2 aromatic heterocycles. The zero-order valence-corrected chi connectivity index (χ0v) is 19.8. The van der Waals surface area contributed by atoms with Crippen LogP contribution in [0.5, 0.6) is 0 Å². The molecule has 1 saturated carbocycles. The summed E-state index contributed by atoms with van der Waals surface area (Å²) in [5.41, 5.74) is 7.48. The van der Waals surface area contributed by atoms with E-state index in [1.165, 1.54) is 29.2 Å². The van der Waals surface area contributed by atoms with Gasteiger partial charge in [0.2, 0.25) is 5.91 Å². The number of aromatic nitrogens is 3. The van der Waals surface area contributed by atoms with Gasteiger partial charge in [-0.3, -0.25) is 14.2 Å². The Morgan fingerprint density at radius 3 is 2.79 bits per heavy atom. The summed E-state index contributed by atoms with van der Waals surface area (Å²) in [4.78, 5) is 26.0. The summed E-state index contributed by atoms with van der Waals surface area (Å²) in [7, 11) is 0. The van der Waals surface area contributed by atoms with E-state index < -0.39 is 5.91 Å². The lowest BCUT2D eigenvalue weighted by Crippen LogP contribution is -2.20. The molecule has 1 aromatic carbocycles. The van der Waals surface area contributed by atoms with Crippen LogP contribution in [0.3, 0.4) is 0 Å². The van der Waals surface area contributed by atoms with Crippen molar-refractivity contribution < 1.29 is 14.0 Å². The van der Waals surface area contributed by atoms with Gasteiger partial charge in [-0.1, -0.05) is 30.8 Å². The number of hydrogen-bond donors (Lipinski definition) is 2. The summed E-state index contributed by atoms with van der Waals surface area (Å²) in [5.74, 6) is 0.0261. The van der Waals surface area contributed by atoms with Crippen LogP contribution < -0.4 is 11.1 Å². The lowest BCUT2D eigenvalue weighted by molar-refractivity contribution is -0.113. The number of benzene rings is 1. The minimum Gasteiger partial charge on any atom is -0.365 e. The van der Waals surface area contributed by atoms with Crippen LogP contribution in [0, 0.1) is 11.7 Å². The van der Waals surface area contributed by atoms with E-state index in [0.29, 0.717) is 33.0 Å². The molecule has 2 heterocycles. The molecule has 33 heavy (non-hydrogen) atoms. The molecule has 0 saturated heterocycles. The first-order valence-corrected chi connectivity index (χ1v) is 12.8. The van der Waals surface area contributed by atoms with E-state index in [9.17, 15) is 14.0 Å². The van der Waals surface area contributed by atoms with Crippen LogP contribution in [0.15, 0.2) is 29.4 Å². The topological polar surface area (TPSA) is 103 Å². The second-order valence-electron chi connectivity index (χ2n) is 8.64. The van der Waals surface area contributed by atoms with E-state index in [2.05, 4.69) is 22.4 Å². The fourth-order valence-electron chi connectivity index (χ4n) is 4.26. The number of carbonyl (C=O) groups is 2. The Morgan fingerprint density at radius 1 is 1.27 bits per heavy atom. The molecule has 0 aliphatic heterocycles. The maximum Gasteiger partial charge on any atom is 0.251 e. The molecule has 0 spiro atoms. The number of halogens is 1. The van der Waals surface area contributed by atoms with Crippen molar-refractivity contribution in [2.45, 2.75) is 50.2 Å². The van der Waals surface area contributed by atoms with E-state index in [4.69, 9.17) is 5.73 Å². The fourth-order valence-corrected chi connectivity index (χ4v) is 6.49. The van der Waals surface area contributed by atoms with Crippen LogP contribution in [0.1, 0.15) is 53.0 Å². The number of nitrogens with zero attached hydrogens (tertiary/aromatic N) is 3. The third-order valence-electron chi connectivity index (χ3n) is 6.03. The number of thioether (sulfide) groups is 1. The number of rotatable bonds is 7. The highest BCUT2D eigenvalue weighted by Crippen LogP contribution is 2.42. The number of nitrogens with two attached hydrogens (primary N) is 1. The summed E-state index contributed by atoms with van der Waals surface area (Å²) in [6.07, 6.45) is 4.66. The SMILES string of the molecule is C[C@@H]1CCc2c(sc(NC(=O)CSc3nnc(-c4ccccc4F)n3C3CC3)c2C(N)=O)C1. The Labute approximate surface area is 199 Å². The normalized spacial score (nSPS) is 17.6. The first-order chi connectivity index (χ1) is 15.9. The van der Waals surface area contributed by atoms with Gasteiger partial charge in [-0.25, -0.2) is 4.39 Å². The Bertz CT molecular complexity index is 1230. The van der Waals surface area contributed by atoms with Crippen molar-refractivity contribution in [2.24, 2.45) is 11.7 Å². The zero-order valence-electron chi connectivity index (χ0n) is 18.1. The fraction of sp³-hybridized carbons (Fsp3) is 0.391. The number of anilines is 1. The Hall–Kier alpha value is -2.72. The van der Waals surface area contributed by atoms with Gasteiger partial charge < -0.3 is 11.1 Å². The van der Waals surface area contributed by atoms with E-state index >= 15 is 0 Å². The highest BCUT2D eigenvalue weighted by molar-refractivity contribution is 7.99. The van der Waals surface area contributed by atoms with Crippen molar-refractivity contribution in [3.05, 3.63) is 46.1 Å². The number of nitrogens with one attached hydrogen (secondary N) is 1. The molecule has 3 aromatic rings. The third kappa shape index (κ3) is 4.41. The average Bonchev–Trinajstić information content (AvgIpc) is 3.42. The van der Waals surface area contributed by atoms with Crippen LogP contribution in [0.4, 0.5) is 9.39 Å². The summed E-state index contributed by atoms with van der Waals surface area (Å²) < 4.78 is 16.3. The van der Waals surface area contributed by atoms with Crippen molar-refractivity contribution in [3.63, 3.8) is 0 Å². The van der Waals surface area contributed by atoms with Crippen molar-refractivity contribution >= 4 is 39.9 Å². The lowest BCUT2D eigenvalue weighted by atomic mass is 9.88. The van der Waals surface area contributed by atoms with Crippen molar-refractivity contribution in [2.75, 3.05) is 11.1 Å². The van der Waals surface area contributed by atoms with Crippen molar-refractivity contribution in [1.82, 2.24) is 14.8 Å². The van der Waals surface area contributed by atoms with Crippen LogP contribution in [-0.4, -0.2) is 32.3 Å². The number of hydrogen-bond acceptors (Lipinski definition) is 6. The maximum atomic E-state index is 14.3. The molecule has 0 bridgehead atoms. The van der Waals surface area contributed by atoms with E-state index in [1.807, 2.05) is 4.57 Å². The predicted octanol–water partition coefficient (Wildman–Crippen LogP) is 4.44. The van der Waals surface area contributed by atoms with Gasteiger partial charge in [0.1, 0.15) is 10.8 Å². The van der Waals surface area contributed by atoms with Gasteiger partial charge in [-0.05, 0) is 55.7 Å². The highest BCUT2D eigenvalue weighted by atomic mass is 32.2. The monoisotopic (exact) mass is 485 g/mol. The molecule has 172 valence electrons. The molecule has 10 heteroatoms. The first-order valence-electron chi connectivity index (χ1n) is 11.0. The van der Waals surface area contributed by atoms with Gasteiger partial charge >= 0.3 is 0 Å². The molecule has 5 rings (SSSR count). The standard InChI is InChI=1S/C23H24FN5O2S2/c1-12-6-9-15-17(10-12)33-22(19(15)20(25)31)26-18(30)11-32-23-28-27-21(29(23)13-7-8-13)14-4-2-3-5-16(14)24/h2-5,12-13H,6-11H2,1H3,(H2,25,31)(H,26,30)/t12-/m1/s1. The van der Waals surface area contributed by atoms with Gasteiger partial charge in [0.05, 0.1) is 16.9 Å². The van der Waals surface area contributed by atoms with Gasteiger partial charge in [0.15, 0.2) is 11.0 Å². The van der Waals surface area contributed by atoms with Gasteiger partial charge in [0.25, 0.3) is 5.91 Å². The number of fused-ring (bicyclic) bond motifs is 1. The number of thiophene rings is 1. The van der Waals surface area contributed by atoms with E-state index in [-0.39, 0.29) is 23.5 Å². The lowest BCUT2D eigenvalue weighted by Gasteiger charge is -2.18. The summed E-state index contributed by atoms with van der Waals surface area (Å²) >= 11 is 2.71. The second kappa shape index (κ2) is 8.90. The van der Waals surface area contributed by atoms with E-state index in [1.54, 1.807) is 18.2 Å². The van der Waals surface area contributed by atoms with Crippen LogP contribution in [0.2, 0.25) is 0 Å². The zero-order chi connectivity index (χ0) is 23.1. The summed E-state index contributed by atoms with van der Waals surface area (Å²) in [6.45, 7) is 2.19. The second-order valence-corrected chi connectivity index (χ2v) is 10.7. The molecule has 0 unspecified atom stereocenters. The molecular weight excluding hydrogens is 461 g/mol. The molecule has 2 amide bonds. The molecular formula is C23H24FN5O2S2. The van der Waals surface area contributed by atoms with E-state index in [0.717, 1.165) is 42.5 Å². The van der Waals surface area contributed by atoms with Gasteiger partial charge in [-0.2, -0.15) is 0 Å². The number of primary amides is 1. The maximum absolute atomic E-state index is 14.3. The van der Waals surface area contributed by atoms with Crippen LogP contribution in [-0.2, 0) is 17.6 Å². The first kappa shape index (κ1) is 22.1. The van der Waals surface area contributed by atoms with Gasteiger partial charge in [-0.15, -0.1) is 21.5 Å². The Morgan fingerprint density at radius 2 is 2.06 bits per heavy atom. The highest BCUT2D eigenvalue weighted by Gasteiger charge is 2.31. The largest absolute Gasteiger partial charge is 0.365 e. The molecule has 2 aliphatic carbocycles. The van der Waals surface area contributed by atoms with Gasteiger partial charge in [0, 0.05) is 10.9 Å². The summed E-state index contributed by atoms with van der Waals surface area (Å²) in [6, 6.07) is 6.71. The summed E-state index contributed by atoms with van der Waals surface area (Å²) in [5, 5.41) is 12.5. The molecule has 3 N–H and O–H groups in total. The molecule has 1 atom stereocenters. The smallest absolute Gasteiger partial charge is 0.251 e. The Balaban J connectivity index is 1.33. The van der Waals surface area contributed by atoms with Crippen molar-refractivity contribution in [3.8, 4) is 11.4 Å². The molecule has 2 aliphatic rings. The minimum atomic E-state index is -0.506. The average molecular weight is 486 g/mol. The molecule has 7 nitrogen and oxygen atoms in total. The predicted molar refractivity (Wildman–Crippen MR) is 127 cm³/mol. The van der Waals surface area contributed by atoms with Crippen molar-refractivity contribution in [1.29, 1.82) is 0 Å². The molecule has 0 radical (unpaired) electrons. The third-order valence-corrected chi connectivity index (χ3v) is 8.15. The molecule has 1 fully saturated rings.